The van der Waals surface area contributed by atoms with Gasteiger partial charge in [-0.25, -0.2) is 0 Å². The van der Waals surface area contributed by atoms with Crippen molar-refractivity contribution >= 4 is 46.8 Å². The fourth-order valence-electron chi connectivity index (χ4n) is 1.08. The molecule has 0 aromatic heterocycles. The van der Waals surface area contributed by atoms with E-state index in [0.29, 0.717) is 0 Å². The summed E-state index contributed by atoms with van der Waals surface area (Å²) in [5, 5.41) is 0.793. The number of benzene rings is 1. The lowest BCUT2D eigenvalue weighted by Crippen LogP contribution is -2.10. The van der Waals surface area contributed by atoms with Gasteiger partial charge in [0.15, 0.2) is 0 Å². The average Bonchev–Trinajstić information content (AvgIpc) is 1.82. The molecule has 1 aromatic carbocycles. The Morgan fingerprint density at radius 2 is 2.00 bits per heavy atom. The molecule has 0 atom stereocenters. The van der Waals surface area contributed by atoms with E-state index in [1.54, 1.807) is 0 Å². The summed E-state index contributed by atoms with van der Waals surface area (Å²) < 4.78 is 0.995. The molecule has 0 aliphatic carbocycles. The number of thiol groups is 1. The van der Waals surface area contributed by atoms with Gasteiger partial charge in [-0.1, -0.05) is 17.7 Å². The lowest BCUT2D eigenvalue weighted by molar-refractivity contribution is 0.786. The van der Waals surface area contributed by atoms with Crippen LogP contribution in [0, 0.1) is 3.57 Å². The van der Waals surface area contributed by atoms with Crippen LogP contribution in [0.25, 0.3) is 0 Å². The number of halogens is 2. The van der Waals surface area contributed by atoms with Gasteiger partial charge in [-0.3, -0.25) is 0 Å². The molecular weight excluding hydrogens is 303 g/mol. The average molecular weight is 313 g/mol. The predicted molar refractivity (Wildman–Crippen MR) is 66.2 cm³/mol. The third-order valence-electron chi connectivity index (χ3n) is 1.57. The van der Waals surface area contributed by atoms with Crippen LogP contribution in [-0.4, -0.2) is 0 Å². The van der Waals surface area contributed by atoms with Gasteiger partial charge in [0.25, 0.3) is 0 Å². The van der Waals surface area contributed by atoms with E-state index in [-0.39, 0.29) is 4.75 Å². The second-order valence-corrected chi connectivity index (χ2v) is 5.84. The summed E-state index contributed by atoms with van der Waals surface area (Å²) in [6, 6.07) is 5.89. The molecule has 0 aliphatic rings. The molecule has 1 rings (SSSR count). The number of hydrogen-bond acceptors (Lipinski definition) is 1. The third kappa shape index (κ3) is 2.30. The van der Waals surface area contributed by atoms with E-state index in [0.717, 1.165) is 10.6 Å². The Morgan fingerprint density at radius 1 is 1.42 bits per heavy atom. The van der Waals surface area contributed by atoms with Crippen LogP contribution in [0.5, 0.6) is 0 Å². The summed E-state index contributed by atoms with van der Waals surface area (Å²) >= 11 is 12.8. The van der Waals surface area contributed by atoms with Crippen LogP contribution < -0.4 is 0 Å². The van der Waals surface area contributed by atoms with E-state index in [9.17, 15) is 0 Å². The highest BCUT2D eigenvalue weighted by atomic mass is 127. The van der Waals surface area contributed by atoms with E-state index in [1.807, 2.05) is 32.0 Å². The van der Waals surface area contributed by atoms with E-state index in [4.69, 9.17) is 11.6 Å². The van der Waals surface area contributed by atoms with E-state index >= 15 is 0 Å². The summed E-state index contributed by atoms with van der Waals surface area (Å²) in [7, 11) is 0. The molecule has 0 unspecified atom stereocenters. The summed E-state index contributed by atoms with van der Waals surface area (Å²) in [6.07, 6.45) is 0. The highest BCUT2D eigenvalue weighted by Gasteiger charge is 2.20. The quantitative estimate of drug-likeness (QED) is 0.585. The molecular formula is C9H10ClIS. The van der Waals surface area contributed by atoms with Gasteiger partial charge in [0.05, 0.1) is 0 Å². The van der Waals surface area contributed by atoms with Crippen molar-refractivity contribution < 1.29 is 0 Å². The Bertz CT molecular complexity index is 271. The Balaban J connectivity index is 3.31. The zero-order valence-electron chi connectivity index (χ0n) is 6.94. The van der Waals surface area contributed by atoms with Crippen LogP contribution >= 0.6 is 46.8 Å². The fraction of sp³-hybridized carbons (Fsp3) is 0.333. The molecule has 0 fully saturated rings. The molecule has 66 valence electrons. The fourth-order valence-corrected chi connectivity index (χ4v) is 3.34. The van der Waals surface area contributed by atoms with Gasteiger partial charge < -0.3 is 0 Å². The lowest BCUT2D eigenvalue weighted by atomic mass is 10.0. The second-order valence-electron chi connectivity index (χ2n) is 3.16. The summed E-state index contributed by atoms with van der Waals surface area (Å²) in [4.78, 5) is 0. The Hall–Kier alpha value is 0.590. The largest absolute Gasteiger partial charge is 0.168 e. The second kappa shape index (κ2) is 3.76. The van der Waals surface area contributed by atoms with Crippen LogP contribution in [0.3, 0.4) is 0 Å². The van der Waals surface area contributed by atoms with Crippen molar-refractivity contribution in [3.8, 4) is 0 Å². The minimum absolute atomic E-state index is 0.172. The molecule has 3 heteroatoms. The van der Waals surface area contributed by atoms with Crippen molar-refractivity contribution in [1.82, 2.24) is 0 Å². The Morgan fingerprint density at radius 3 is 2.33 bits per heavy atom. The maximum absolute atomic E-state index is 6.06. The minimum Gasteiger partial charge on any atom is -0.168 e. The molecule has 0 aliphatic heterocycles. The van der Waals surface area contributed by atoms with E-state index in [2.05, 4.69) is 35.2 Å². The molecule has 0 nitrogen and oxygen atoms in total. The van der Waals surface area contributed by atoms with Gasteiger partial charge >= 0.3 is 0 Å². The van der Waals surface area contributed by atoms with Gasteiger partial charge in [0.2, 0.25) is 0 Å². The first kappa shape index (κ1) is 10.7. The third-order valence-corrected chi connectivity index (χ3v) is 3.01. The monoisotopic (exact) mass is 312 g/mol. The molecule has 0 saturated heterocycles. The minimum atomic E-state index is -0.172. The van der Waals surface area contributed by atoms with Crippen LogP contribution in [0.1, 0.15) is 19.4 Å². The zero-order valence-corrected chi connectivity index (χ0v) is 10.7. The molecule has 0 radical (unpaired) electrons. The van der Waals surface area contributed by atoms with Gasteiger partial charge in [-0.2, -0.15) is 12.6 Å². The molecule has 0 saturated carbocycles. The topological polar surface area (TPSA) is 0 Å². The van der Waals surface area contributed by atoms with Crippen molar-refractivity contribution in [3.63, 3.8) is 0 Å². The van der Waals surface area contributed by atoms with Crippen molar-refractivity contribution in [2.75, 3.05) is 0 Å². The van der Waals surface area contributed by atoms with E-state index < -0.39 is 0 Å². The van der Waals surface area contributed by atoms with Gasteiger partial charge in [-0.05, 0) is 54.1 Å². The molecule has 1 aromatic rings. The Kier molecular flexibility index (Phi) is 3.34. The first-order valence-electron chi connectivity index (χ1n) is 3.60. The molecule has 0 bridgehead atoms. The van der Waals surface area contributed by atoms with Crippen molar-refractivity contribution in [2.24, 2.45) is 0 Å². The summed E-state index contributed by atoms with van der Waals surface area (Å²) in [6.45, 7) is 4.08. The maximum atomic E-state index is 6.06. The van der Waals surface area contributed by atoms with Crippen molar-refractivity contribution in [3.05, 3.63) is 32.4 Å². The molecule has 0 N–H and O–H groups in total. The highest BCUT2D eigenvalue weighted by Crippen LogP contribution is 2.35. The normalized spacial score (nSPS) is 11.8. The smallest absolute Gasteiger partial charge is 0.0462 e. The zero-order chi connectivity index (χ0) is 9.35. The van der Waals surface area contributed by atoms with Crippen LogP contribution in [0.4, 0.5) is 0 Å². The molecule has 12 heavy (non-hydrogen) atoms. The first-order valence-corrected chi connectivity index (χ1v) is 5.50. The SMILES string of the molecule is CC(C)(S)c1c(Cl)cccc1I. The van der Waals surface area contributed by atoms with Gasteiger partial charge in [0.1, 0.15) is 0 Å². The Labute approximate surface area is 97.2 Å². The predicted octanol–water partition coefficient (Wildman–Crippen LogP) is 4.11. The van der Waals surface area contributed by atoms with Crippen LogP contribution in [0.15, 0.2) is 18.2 Å². The number of hydrogen-bond donors (Lipinski definition) is 1. The molecule has 0 heterocycles. The van der Waals surface area contributed by atoms with Gasteiger partial charge in [-0.15, -0.1) is 0 Å². The summed E-state index contributed by atoms with van der Waals surface area (Å²) in [5.41, 5.74) is 1.11. The van der Waals surface area contributed by atoms with Crippen LogP contribution in [-0.2, 0) is 4.75 Å². The maximum Gasteiger partial charge on any atom is 0.0462 e. The standard InChI is InChI=1S/C9H10ClIS/c1-9(2,12)8-6(10)4-3-5-7(8)11/h3-5,12H,1-2H3. The molecule has 0 amide bonds. The lowest BCUT2D eigenvalue weighted by Gasteiger charge is -2.21. The molecule has 0 spiro atoms. The van der Waals surface area contributed by atoms with Crippen LogP contribution in [0.2, 0.25) is 5.02 Å². The highest BCUT2D eigenvalue weighted by molar-refractivity contribution is 14.1. The number of rotatable bonds is 1. The van der Waals surface area contributed by atoms with Crippen molar-refractivity contribution in [2.45, 2.75) is 18.6 Å². The van der Waals surface area contributed by atoms with Crippen molar-refractivity contribution in [1.29, 1.82) is 0 Å². The van der Waals surface area contributed by atoms with Gasteiger partial charge in [0, 0.05) is 13.3 Å². The van der Waals surface area contributed by atoms with E-state index in [1.165, 1.54) is 3.57 Å². The first-order chi connectivity index (χ1) is 5.43. The summed E-state index contributed by atoms with van der Waals surface area (Å²) in [5.74, 6) is 0.